The third-order valence-electron chi connectivity index (χ3n) is 5.13. The third kappa shape index (κ3) is 4.00. The number of carbonyl (C=O) groups is 1. The number of halogens is 1. The molecule has 8 heteroatoms. The molecule has 2 aliphatic rings. The quantitative estimate of drug-likeness (QED) is 0.843. The van der Waals surface area contributed by atoms with Crippen LogP contribution in [0.4, 0.5) is 0 Å². The van der Waals surface area contributed by atoms with Crippen LogP contribution in [0.3, 0.4) is 0 Å². The van der Waals surface area contributed by atoms with Crippen molar-refractivity contribution in [2.75, 3.05) is 26.2 Å². The molecule has 2 N–H and O–H groups in total. The lowest BCUT2D eigenvalue weighted by Crippen LogP contribution is -2.39. The molecule has 1 amide bonds. The van der Waals surface area contributed by atoms with Gasteiger partial charge in [0, 0.05) is 39.1 Å². The highest BCUT2D eigenvalue weighted by atomic mass is 35.5. The maximum absolute atomic E-state index is 13.0. The zero-order chi connectivity index (χ0) is 17.3. The first kappa shape index (κ1) is 20.2. The van der Waals surface area contributed by atoms with Gasteiger partial charge in [-0.15, -0.1) is 12.4 Å². The SMILES string of the molecule is CC(=O)N1CCc2ccc(S(=O)(=O)N3CCCC3CN)cc2CC1.Cl. The van der Waals surface area contributed by atoms with Crippen LogP contribution in [-0.2, 0) is 27.7 Å². The van der Waals surface area contributed by atoms with Gasteiger partial charge in [-0.1, -0.05) is 6.07 Å². The number of hydrogen-bond acceptors (Lipinski definition) is 4. The van der Waals surface area contributed by atoms with E-state index in [0.29, 0.717) is 37.5 Å². The summed E-state index contributed by atoms with van der Waals surface area (Å²) in [7, 11) is -3.50. The fourth-order valence-corrected chi connectivity index (χ4v) is 5.43. The molecule has 1 unspecified atom stereocenters. The van der Waals surface area contributed by atoms with Crippen LogP contribution in [-0.4, -0.2) is 55.8 Å². The van der Waals surface area contributed by atoms with Crippen LogP contribution in [0.1, 0.15) is 30.9 Å². The Labute approximate surface area is 155 Å². The minimum absolute atomic E-state index is 0. The molecule has 0 aromatic heterocycles. The number of carbonyl (C=O) groups excluding carboxylic acids is 1. The van der Waals surface area contributed by atoms with Gasteiger partial charge in [-0.05, 0) is 48.9 Å². The van der Waals surface area contributed by atoms with Gasteiger partial charge >= 0.3 is 0 Å². The molecule has 0 aliphatic carbocycles. The van der Waals surface area contributed by atoms with E-state index in [9.17, 15) is 13.2 Å². The number of sulfonamides is 1. The molecule has 2 heterocycles. The zero-order valence-corrected chi connectivity index (χ0v) is 16.1. The van der Waals surface area contributed by atoms with Crippen LogP contribution in [0.2, 0.25) is 0 Å². The summed E-state index contributed by atoms with van der Waals surface area (Å²) in [5.74, 6) is 0.0681. The summed E-state index contributed by atoms with van der Waals surface area (Å²) in [6.45, 7) is 3.81. The van der Waals surface area contributed by atoms with Crippen molar-refractivity contribution in [1.82, 2.24) is 9.21 Å². The summed E-state index contributed by atoms with van der Waals surface area (Å²) in [4.78, 5) is 13.7. The van der Waals surface area contributed by atoms with Gasteiger partial charge in [0.2, 0.25) is 15.9 Å². The average Bonchev–Trinajstić information content (AvgIpc) is 2.94. The van der Waals surface area contributed by atoms with E-state index >= 15 is 0 Å². The van der Waals surface area contributed by atoms with E-state index in [2.05, 4.69) is 0 Å². The summed E-state index contributed by atoms with van der Waals surface area (Å²) >= 11 is 0. The van der Waals surface area contributed by atoms with Crippen LogP contribution < -0.4 is 5.73 Å². The molecular formula is C17H26ClN3O3S. The summed E-state index contributed by atoms with van der Waals surface area (Å²) in [6.07, 6.45) is 3.15. The van der Waals surface area contributed by atoms with Crippen molar-refractivity contribution in [2.24, 2.45) is 5.73 Å². The Hall–Kier alpha value is -1.15. The van der Waals surface area contributed by atoms with Crippen LogP contribution >= 0.6 is 12.4 Å². The topological polar surface area (TPSA) is 83.7 Å². The lowest BCUT2D eigenvalue weighted by atomic mass is 10.0. The minimum atomic E-state index is -3.50. The Kier molecular flexibility index (Phi) is 6.48. The van der Waals surface area contributed by atoms with Crippen molar-refractivity contribution >= 4 is 28.3 Å². The maximum atomic E-state index is 13.0. The van der Waals surface area contributed by atoms with E-state index in [-0.39, 0.29) is 24.4 Å². The standard InChI is InChI=1S/C17H25N3O3S.ClH/c1-13(21)19-9-6-14-4-5-17(11-15(14)7-10-19)24(22,23)20-8-2-3-16(20)12-18;/h4-5,11,16H,2-3,6-10,12,18H2,1H3;1H. The lowest BCUT2D eigenvalue weighted by Gasteiger charge is -2.23. The smallest absolute Gasteiger partial charge is 0.243 e. The normalized spacial score (nSPS) is 21.4. The molecular weight excluding hydrogens is 362 g/mol. The maximum Gasteiger partial charge on any atom is 0.243 e. The second-order valence-corrected chi connectivity index (χ2v) is 8.47. The Morgan fingerprint density at radius 3 is 2.52 bits per heavy atom. The molecule has 0 spiro atoms. The number of benzene rings is 1. The van der Waals surface area contributed by atoms with Crippen LogP contribution in [0.5, 0.6) is 0 Å². The summed E-state index contributed by atoms with van der Waals surface area (Å²) in [5.41, 5.74) is 7.90. The van der Waals surface area contributed by atoms with E-state index in [4.69, 9.17) is 5.73 Å². The van der Waals surface area contributed by atoms with Crippen LogP contribution in [0.15, 0.2) is 23.1 Å². The number of amides is 1. The van der Waals surface area contributed by atoms with E-state index in [1.165, 1.54) is 0 Å². The lowest BCUT2D eigenvalue weighted by molar-refractivity contribution is -0.128. The molecule has 25 heavy (non-hydrogen) atoms. The van der Waals surface area contributed by atoms with Crippen molar-refractivity contribution in [2.45, 2.75) is 43.5 Å². The Morgan fingerprint density at radius 1 is 1.20 bits per heavy atom. The molecule has 2 aliphatic heterocycles. The minimum Gasteiger partial charge on any atom is -0.342 e. The van der Waals surface area contributed by atoms with Gasteiger partial charge in [-0.3, -0.25) is 4.79 Å². The van der Waals surface area contributed by atoms with Gasteiger partial charge in [0.15, 0.2) is 0 Å². The van der Waals surface area contributed by atoms with E-state index in [1.54, 1.807) is 23.4 Å². The molecule has 1 fully saturated rings. The molecule has 0 saturated carbocycles. The highest BCUT2D eigenvalue weighted by Gasteiger charge is 2.34. The zero-order valence-electron chi connectivity index (χ0n) is 14.5. The molecule has 3 rings (SSSR count). The Bertz CT molecular complexity index is 739. The second kappa shape index (κ2) is 8.03. The fraction of sp³-hybridized carbons (Fsp3) is 0.588. The number of hydrogen-bond donors (Lipinski definition) is 1. The first-order valence-corrected chi connectivity index (χ1v) is 9.96. The number of nitrogens with two attached hydrogens (primary N) is 1. The first-order chi connectivity index (χ1) is 11.4. The van der Waals surface area contributed by atoms with Crippen molar-refractivity contribution in [3.8, 4) is 0 Å². The van der Waals surface area contributed by atoms with Gasteiger partial charge in [-0.2, -0.15) is 4.31 Å². The second-order valence-electron chi connectivity index (χ2n) is 6.58. The molecule has 140 valence electrons. The van der Waals surface area contributed by atoms with E-state index in [0.717, 1.165) is 30.4 Å². The van der Waals surface area contributed by atoms with Gasteiger partial charge in [0.05, 0.1) is 4.90 Å². The molecule has 0 bridgehead atoms. The largest absolute Gasteiger partial charge is 0.342 e. The average molecular weight is 388 g/mol. The Balaban J connectivity index is 0.00000225. The summed E-state index contributed by atoms with van der Waals surface area (Å²) in [5, 5.41) is 0. The van der Waals surface area contributed by atoms with Gasteiger partial charge in [-0.25, -0.2) is 8.42 Å². The highest BCUT2D eigenvalue weighted by molar-refractivity contribution is 7.89. The van der Waals surface area contributed by atoms with Crippen molar-refractivity contribution in [1.29, 1.82) is 0 Å². The molecule has 1 aromatic rings. The summed E-state index contributed by atoms with van der Waals surface area (Å²) in [6, 6.07) is 5.30. The van der Waals surface area contributed by atoms with Crippen molar-refractivity contribution in [3.63, 3.8) is 0 Å². The van der Waals surface area contributed by atoms with E-state index in [1.807, 2.05) is 11.0 Å². The molecule has 1 atom stereocenters. The van der Waals surface area contributed by atoms with Crippen LogP contribution in [0, 0.1) is 0 Å². The molecule has 1 aromatic carbocycles. The van der Waals surface area contributed by atoms with Crippen LogP contribution in [0.25, 0.3) is 0 Å². The van der Waals surface area contributed by atoms with Gasteiger partial charge < -0.3 is 10.6 Å². The molecule has 6 nitrogen and oxygen atoms in total. The third-order valence-corrected chi connectivity index (χ3v) is 7.07. The predicted molar refractivity (Wildman–Crippen MR) is 99.3 cm³/mol. The summed E-state index contributed by atoms with van der Waals surface area (Å²) < 4.78 is 27.5. The number of fused-ring (bicyclic) bond motifs is 1. The van der Waals surface area contributed by atoms with Crippen molar-refractivity contribution in [3.05, 3.63) is 29.3 Å². The fourth-order valence-electron chi connectivity index (χ4n) is 3.67. The number of rotatable bonds is 3. The first-order valence-electron chi connectivity index (χ1n) is 8.52. The Morgan fingerprint density at radius 2 is 1.88 bits per heavy atom. The van der Waals surface area contributed by atoms with Gasteiger partial charge in [0.1, 0.15) is 0 Å². The van der Waals surface area contributed by atoms with Gasteiger partial charge in [0.25, 0.3) is 0 Å². The highest BCUT2D eigenvalue weighted by Crippen LogP contribution is 2.28. The van der Waals surface area contributed by atoms with Crippen molar-refractivity contribution < 1.29 is 13.2 Å². The van der Waals surface area contributed by atoms with E-state index < -0.39 is 10.0 Å². The predicted octanol–water partition coefficient (Wildman–Crippen LogP) is 1.17. The molecule has 0 radical (unpaired) electrons. The monoisotopic (exact) mass is 387 g/mol. The number of nitrogens with zero attached hydrogens (tertiary/aromatic N) is 2. The molecule has 1 saturated heterocycles.